The fourth-order valence-corrected chi connectivity index (χ4v) is 2.11. The van der Waals surface area contributed by atoms with E-state index in [1.807, 2.05) is 6.92 Å². The number of carbonyl (C=O) groups excluding carboxylic acids is 3. The van der Waals surface area contributed by atoms with Crippen LogP contribution in [-0.4, -0.2) is 53.0 Å². The summed E-state index contributed by atoms with van der Waals surface area (Å²) in [6.45, 7) is 3.69. The third-order valence-electron chi connectivity index (χ3n) is 2.26. The van der Waals surface area contributed by atoms with Gasteiger partial charge in [0.25, 0.3) is 0 Å². The first-order chi connectivity index (χ1) is 9.86. The Kier molecular flexibility index (Phi) is 10.0. The molecule has 0 saturated carbocycles. The Morgan fingerprint density at radius 2 is 1.90 bits per heavy atom. The highest BCUT2D eigenvalue weighted by atomic mass is 32.2. The molecule has 0 aliphatic carbocycles. The van der Waals surface area contributed by atoms with Crippen molar-refractivity contribution in [2.45, 2.75) is 32.7 Å². The summed E-state index contributed by atoms with van der Waals surface area (Å²) < 4.78 is 0. The van der Waals surface area contributed by atoms with Gasteiger partial charge in [0.05, 0.1) is 5.75 Å². The summed E-state index contributed by atoms with van der Waals surface area (Å²) in [5, 5.41) is 15.8. The van der Waals surface area contributed by atoms with Crippen LogP contribution in [0.1, 0.15) is 26.7 Å². The molecular formula is C12H21N3O5S. The number of nitrogens with one attached hydrogen (secondary N) is 3. The van der Waals surface area contributed by atoms with Crippen LogP contribution in [0.5, 0.6) is 0 Å². The van der Waals surface area contributed by atoms with E-state index < -0.39 is 29.9 Å². The minimum atomic E-state index is -1.17. The topological polar surface area (TPSA) is 125 Å². The van der Waals surface area contributed by atoms with Gasteiger partial charge in [-0.15, -0.1) is 11.8 Å². The summed E-state index contributed by atoms with van der Waals surface area (Å²) in [5.41, 5.74) is 0. The minimum Gasteiger partial charge on any atom is -0.480 e. The number of carboxylic acids is 1. The lowest BCUT2D eigenvalue weighted by Crippen LogP contribution is -2.43. The standard InChI is InChI=1S/C12H21N3O5S/c1-3-4-5-13-12(20)15-10(17)7-21-6-9(11(18)19)14-8(2)16/h9H,3-7H2,1-2H3,(H,14,16)(H,18,19)(H2,13,15,17,20)/t9-/m0/s1. The molecule has 0 unspecified atom stereocenters. The first-order valence-corrected chi connectivity index (χ1v) is 7.67. The van der Waals surface area contributed by atoms with Crippen LogP contribution in [-0.2, 0) is 14.4 Å². The van der Waals surface area contributed by atoms with Crippen LogP contribution in [0.15, 0.2) is 0 Å². The quantitative estimate of drug-likeness (QED) is 0.441. The number of carbonyl (C=O) groups is 4. The van der Waals surface area contributed by atoms with Crippen molar-refractivity contribution in [2.75, 3.05) is 18.1 Å². The highest BCUT2D eigenvalue weighted by Crippen LogP contribution is 2.03. The van der Waals surface area contributed by atoms with Gasteiger partial charge in [0.15, 0.2) is 0 Å². The number of urea groups is 1. The molecule has 21 heavy (non-hydrogen) atoms. The summed E-state index contributed by atoms with van der Waals surface area (Å²) in [6.07, 6.45) is 1.76. The molecule has 0 fully saturated rings. The van der Waals surface area contributed by atoms with E-state index in [9.17, 15) is 19.2 Å². The van der Waals surface area contributed by atoms with Gasteiger partial charge in [-0.25, -0.2) is 9.59 Å². The van der Waals surface area contributed by atoms with Gasteiger partial charge in [-0.05, 0) is 6.42 Å². The highest BCUT2D eigenvalue weighted by Gasteiger charge is 2.18. The average Bonchev–Trinajstić information content (AvgIpc) is 2.37. The average molecular weight is 319 g/mol. The van der Waals surface area contributed by atoms with Crippen LogP contribution < -0.4 is 16.0 Å². The molecule has 120 valence electrons. The molecule has 0 bridgehead atoms. The van der Waals surface area contributed by atoms with Crippen LogP contribution in [0, 0.1) is 0 Å². The van der Waals surface area contributed by atoms with E-state index >= 15 is 0 Å². The van der Waals surface area contributed by atoms with Crippen molar-refractivity contribution >= 4 is 35.6 Å². The van der Waals surface area contributed by atoms with E-state index in [1.165, 1.54) is 6.92 Å². The normalized spacial score (nSPS) is 11.3. The van der Waals surface area contributed by atoms with Crippen LogP contribution in [0.2, 0.25) is 0 Å². The van der Waals surface area contributed by atoms with Crippen molar-refractivity contribution in [1.82, 2.24) is 16.0 Å². The first-order valence-electron chi connectivity index (χ1n) is 6.52. The van der Waals surface area contributed by atoms with Gasteiger partial charge in [-0.2, -0.15) is 0 Å². The maximum absolute atomic E-state index is 11.4. The first kappa shape index (κ1) is 19.2. The Morgan fingerprint density at radius 1 is 1.24 bits per heavy atom. The van der Waals surface area contributed by atoms with Crippen molar-refractivity contribution in [2.24, 2.45) is 0 Å². The molecule has 0 spiro atoms. The fourth-order valence-electron chi connectivity index (χ4n) is 1.28. The van der Waals surface area contributed by atoms with E-state index in [4.69, 9.17) is 5.11 Å². The van der Waals surface area contributed by atoms with E-state index in [0.29, 0.717) is 6.54 Å². The van der Waals surface area contributed by atoms with Gasteiger partial charge >= 0.3 is 12.0 Å². The lowest BCUT2D eigenvalue weighted by atomic mass is 10.3. The second kappa shape index (κ2) is 11.0. The number of amides is 4. The zero-order valence-electron chi connectivity index (χ0n) is 12.1. The van der Waals surface area contributed by atoms with E-state index in [-0.39, 0.29) is 11.5 Å². The summed E-state index contributed by atoms with van der Waals surface area (Å²) in [6, 6.07) is -1.62. The number of rotatable bonds is 9. The molecular weight excluding hydrogens is 298 g/mol. The Balaban J connectivity index is 3.93. The molecule has 0 aliphatic heterocycles. The molecule has 0 aromatic rings. The molecule has 1 atom stereocenters. The molecule has 0 aromatic carbocycles. The summed E-state index contributed by atoms with van der Waals surface area (Å²) in [7, 11) is 0. The summed E-state index contributed by atoms with van der Waals surface area (Å²) >= 11 is 1.02. The van der Waals surface area contributed by atoms with Gasteiger partial charge < -0.3 is 15.7 Å². The lowest BCUT2D eigenvalue weighted by molar-refractivity contribution is -0.140. The number of unbranched alkanes of at least 4 members (excludes halogenated alkanes) is 1. The Labute approximate surface area is 127 Å². The van der Waals surface area contributed by atoms with Crippen LogP contribution in [0.4, 0.5) is 4.79 Å². The van der Waals surface area contributed by atoms with Crippen molar-refractivity contribution < 1.29 is 24.3 Å². The zero-order valence-corrected chi connectivity index (χ0v) is 12.9. The maximum Gasteiger partial charge on any atom is 0.327 e. The molecule has 0 rings (SSSR count). The highest BCUT2D eigenvalue weighted by molar-refractivity contribution is 8.00. The SMILES string of the molecule is CCCCNC(=O)NC(=O)CSC[C@H](NC(C)=O)C(=O)O. The Bertz CT molecular complexity index is 389. The summed E-state index contributed by atoms with van der Waals surface area (Å²) in [4.78, 5) is 44.4. The van der Waals surface area contributed by atoms with E-state index in [2.05, 4.69) is 16.0 Å². The molecule has 4 N–H and O–H groups in total. The van der Waals surface area contributed by atoms with Gasteiger partial charge in [-0.3, -0.25) is 14.9 Å². The van der Waals surface area contributed by atoms with Gasteiger partial charge in [0.2, 0.25) is 11.8 Å². The Hall–Kier alpha value is -1.77. The predicted molar refractivity (Wildman–Crippen MR) is 79.0 cm³/mol. The number of thioether (sulfide) groups is 1. The molecule has 8 nitrogen and oxygen atoms in total. The minimum absolute atomic E-state index is 0.0415. The second-order valence-corrected chi connectivity index (χ2v) is 5.29. The molecule has 4 amide bonds. The van der Waals surface area contributed by atoms with Crippen molar-refractivity contribution in [3.05, 3.63) is 0 Å². The Morgan fingerprint density at radius 3 is 2.43 bits per heavy atom. The van der Waals surface area contributed by atoms with Gasteiger partial charge in [-0.1, -0.05) is 13.3 Å². The third-order valence-corrected chi connectivity index (χ3v) is 3.30. The van der Waals surface area contributed by atoms with Crippen LogP contribution >= 0.6 is 11.8 Å². The van der Waals surface area contributed by atoms with Crippen LogP contribution in [0.25, 0.3) is 0 Å². The fraction of sp³-hybridized carbons (Fsp3) is 0.667. The van der Waals surface area contributed by atoms with Crippen molar-refractivity contribution in [3.63, 3.8) is 0 Å². The zero-order chi connectivity index (χ0) is 16.3. The number of aliphatic carboxylic acids is 1. The monoisotopic (exact) mass is 319 g/mol. The second-order valence-electron chi connectivity index (χ2n) is 4.26. The summed E-state index contributed by atoms with van der Waals surface area (Å²) in [5.74, 6) is -2.16. The third kappa shape index (κ3) is 10.7. The molecule has 0 aliphatic rings. The smallest absolute Gasteiger partial charge is 0.327 e. The van der Waals surface area contributed by atoms with Crippen LogP contribution in [0.3, 0.4) is 0 Å². The molecule has 9 heteroatoms. The van der Waals surface area contributed by atoms with Gasteiger partial charge in [0, 0.05) is 19.2 Å². The molecule has 0 aromatic heterocycles. The van der Waals surface area contributed by atoms with E-state index in [0.717, 1.165) is 24.6 Å². The van der Waals surface area contributed by atoms with Crippen molar-refractivity contribution in [3.8, 4) is 0 Å². The molecule has 0 saturated heterocycles. The maximum atomic E-state index is 11.4. The lowest BCUT2D eigenvalue weighted by Gasteiger charge is -2.12. The van der Waals surface area contributed by atoms with Gasteiger partial charge in [0.1, 0.15) is 6.04 Å². The van der Waals surface area contributed by atoms with Crippen molar-refractivity contribution in [1.29, 1.82) is 0 Å². The number of hydrogen-bond donors (Lipinski definition) is 4. The largest absolute Gasteiger partial charge is 0.480 e. The number of hydrogen-bond acceptors (Lipinski definition) is 5. The number of imide groups is 1. The molecule has 0 radical (unpaired) electrons. The number of carboxylic acid groups (broad SMARTS) is 1. The molecule has 0 heterocycles. The predicted octanol–water partition coefficient (Wildman–Crippen LogP) is -0.0652. The van der Waals surface area contributed by atoms with E-state index in [1.54, 1.807) is 0 Å².